The first-order chi connectivity index (χ1) is 13.7. The minimum absolute atomic E-state index is 0.0604. The van der Waals surface area contributed by atoms with Gasteiger partial charge in [-0.3, -0.25) is 4.79 Å². The third-order valence-electron chi connectivity index (χ3n) is 4.17. The van der Waals surface area contributed by atoms with Gasteiger partial charge in [0.1, 0.15) is 0 Å². The predicted molar refractivity (Wildman–Crippen MR) is 110 cm³/mol. The number of nitrogens with zero attached hydrogens (tertiary/aromatic N) is 3. The number of benzene rings is 1. The van der Waals surface area contributed by atoms with Gasteiger partial charge in [-0.05, 0) is 29.1 Å². The van der Waals surface area contributed by atoms with Crippen LogP contribution < -0.4 is 5.32 Å². The molecule has 4 rings (SSSR count). The van der Waals surface area contributed by atoms with Gasteiger partial charge in [-0.1, -0.05) is 48.2 Å². The molecule has 1 N–H and O–H groups in total. The summed E-state index contributed by atoms with van der Waals surface area (Å²) in [5, 5.41) is 14.1. The van der Waals surface area contributed by atoms with E-state index in [1.165, 1.54) is 11.8 Å². The van der Waals surface area contributed by atoms with E-state index >= 15 is 0 Å². The van der Waals surface area contributed by atoms with E-state index in [1.54, 1.807) is 23.7 Å². The molecule has 0 radical (unpaired) electrons. The zero-order valence-corrected chi connectivity index (χ0v) is 16.7. The van der Waals surface area contributed by atoms with Gasteiger partial charge >= 0.3 is 0 Å². The normalized spacial score (nSPS) is 12.0. The molecule has 0 fully saturated rings. The highest BCUT2D eigenvalue weighted by atomic mass is 32.2. The van der Waals surface area contributed by atoms with E-state index in [0.717, 1.165) is 10.4 Å². The van der Waals surface area contributed by atoms with E-state index in [1.807, 2.05) is 65.5 Å². The molecule has 1 aromatic carbocycles. The summed E-state index contributed by atoms with van der Waals surface area (Å²) in [6.45, 7) is 0. The molecule has 8 heteroatoms. The first kappa shape index (κ1) is 18.5. The summed E-state index contributed by atoms with van der Waals surface area (Å²) in [7, 11) is 1.86. The maximum absolute atomic E-state index is 12.6. The summed E-state index contributed by atoms with van der Waals surface area (Å²) in [6, 6.07) is 17.5. The highest BCUT2D eigenvalue weighted by Crippen LogP contribution is 2.27. The number of hydrogen-bond donors (Lipinski definition) is 1. The number of amides is 1. The Morgan fingerprint density at radius 3 is 2.75 bits per heavy atom. The fourth-order valence-corrected chi connectivity index (χ4v) is 4.34. The maximum atomic E-state index is 12.6. The minimum atomic E-state index is -0.160. The van der Waals surface area contributed by atoms with E-state index < -0.39 is 0 Å². The lowest BCUT2D eigenvalue weighted by Crippen LogP contribution is -2.30. The molecule has 1 atom stereocenters. The molecule has 0 saturated heterocycles. The SMILES string of the molecule is Cn1c(SCC(=O)N[C@@H](c2ccccc2)c2cccs2)nnc1-c1ccco1. The molecule has 3 heterocycles. The Bertz CT molecular complexity index is 1030. The van der Waals surface area contributed by atoms with Crippen molar-refractivity contribution in [2.45, 2.75) is 11.2 Å². The van der Waals surface area contributed by atoms with Gasteiger partial charge in [-0.25, -0.2) is 0 Å². The number of aromatic nitrogens is 3. The predicted octanol–water partition coefficient (Wildman–Crippen LogP) is 4.13. The first-order valence-electron chi connectivity index (χ1n) is 8.66. The van der Waals surface area contributed by atoms with Crippen molar-refractivity contribution in [2.75, 3.05) is 5.75 Å². The van der Waals surface area contributed by atoms with Gasteiger partial charge in [0.15, 0.2) is 16.7 Å². The van der Waals surface area contributed by atoms with Gasteiger partial charge in [0, 0.05) is 11.9 Å². The lowest BCUT2D eigenvalue weighted by atomic mass is 10.1. The molecule has 0 aliphatic carbocycles. The topological polar surface area (TPSA) is 73.0 Å². The first-order valence-corrected chi connectivity index (χ1v) is 10.5. The molecular formula is C20H18N4O2S2. The van der Waals surface area contributed by atoms with Crippen molar-refractivity contribution in [3.8, 4) is 11.6 Å². The summed E-state index contributed by atoms with van der Waals surface area (Å²) in [5.74, 6) is 1.47. The monoisotopic (exact) mass is 410 g/mol. The van der Waals surface area contributed by atoms with E-state index in [9.17, 15) is 4.79 Å². The Hall–Kier alpha value is -2.84. The van der Waals surface area contributed by atoms with Crippen LogP contribution in [0.25, 0.3) is 11.6 Å². The lowest BCUT2D eigenvalue weighted by molar-refractivity contribution is -0.119. The minimum Gasteiger partial charge on any atom is -0.461 e. The molecule has 6 nitrogen and oxygen atoms in total. The van der Waals surface area contributed by atoms with Crippen LogP contribution in [0.3, 0.4) is 0 Å². The largest absolute Gasteiger partial charge is 0.461 e. The van der Waals surface area contributed by atoms with Gasteiger partial charge in [-0.2, -0.15) is 0 Å². The second-order valence-electron chi connectivity index (χ2n) is 6.06. The van der Waals surface area contributed by atoms with Crippen LogP contribution in [0.5, 0.6) is 0 Å². The maximum Gasteiger partial charge on any atom is 0.231 e. The number of carbonyl (C=O) groups is 1. The highest BCUT2D eigenvalue weighted by Gasteiger charge is 2.19. The van der Waals surface area contributed by atoms with Crippen LogP contribution >= 0.6 is 23.1 Å². The molecule has 3 aromatic heterocycles. The quantitative estimate of drug-likeness (QED) is 0.464. The molecular weight excluding hydrogens is 392 g/mol. The van der Waals surface area contributed by atoms with Crippen molar-refractivity contribution >= 4 is 29.0 Å². The van der Waals surface area contributed by atoms with Crippen molar-refractivity contribution in [1.29, 1.82) is 0 Å². The van der Waals surface area contributed by atoms with Gasteiger partial charge in [0.2, 0.25) is 5.91 Å². The third kappa shape index (κ3) is 4.02. The Morgan fingerprint density at radius 2 is 2.04 bits per heavy atom. The second kappa shape index (κ2) is 8.45. The number of thioether (sulfide) groups is 1. The molecule has 0 bridgehead atoms. The third-order valence-corrected chi connectivity index (χ3v) is 6.13. The number of furan rings is 1. The molecule has 0 aliphatic rings. The molecule has 0 unspecified atom stereocenters. The molecule has 142 valence electrons. The average Bonchev–Trinajstić information content (AvgIpc) is 3.47. The Morgan fingerprint density at radius 1 is 1.18 bits per heavy atom. The van der Waals surface area contributed by atoms with Gasteiger partial charge in [0.25, 0.3) is 0 Å². The molecule has 0 aliphatic heterocycles. The van der Waals surface area contributed by atoms with Crippen LogP contribution in [-0.4, -0.2) is 26.4 Å². The number of hydrogen-bond acceptors (Lipinski definition) is 6. The second-order valence-corrected chi connectivity index (χ2v) is 7.98. The Kier molecular flexibility index (Phi) is 5.59. The number of thiophene rings is 1. The number of carbonyl (C=O) groups excluding carboxylic acids is 1. The van der Waals surface area contributed by atoms with Crippen LogP contribution in [0.1, 0.15) is 16.5 Å². The average molecular weight is 411 g/mol. The van der Waals surface area contributed by atoms with Crippen molar-refractivity contribution in [2.24, 2.45) is 7.05 Å². The molecule has 0 saturated carbocycles. The van der Waals surface area contributed by atoms with Gasteiger partial charge in [-0.15, -0.1) is 21.5 Å². The van der Waals surface area contributed by atoms with Crippen LogP contribution in [0, 0.1) is 0 Å². The smallest absolute Gasteiger partial charge is 0.231 e. The van der Waals surface area contributed by atoms with Gasteiger partial charge < -0.3 is 14.3 Å². The fraction of sp³-hybridized carbons (Fsp3) is 0.150. The van der Waals surface area contributed by atoms with Crippen molar-refractivity contribution in [1.82, 2.24) is 20.1 Å². The highest BCUT2D eigenvalue weighted by molar-refractivity contribution is 7.99. The Labute approximate surface area is 170 Å². The fourth-order valence-electron chi connectivity index (χ4n) is 2.81. The molecule has 0 spiro atoms. The molecule has 28 heavy (non-hydrogen) atoms. The molecule has 1 amide bonds. The standard InChI is InChI=1S/C20H18N4O2S2/c1-24-19(15-9-5-11-26-15)22-23-20(24)28-13-17(25)21-18(16-10-6-12-27-16)14-7-3-2-4-8-14/h2-12,18H,13H2,1H3,(H,21,25)/t18-/m0/s1. The zero-order valence-electron chi connectivity index (χ0n) is 15.1. The number of rotatable bonds is 7. The lowest BCUT2D eigenvalue weighted by Gasteiger charge is -2.18. The van der Waals surface area contributed by atoms with Crippen LogP contribution in [0.15, 0.2) is 75.8 Å². The van der Waals surface area contributed by atoms with Crippen molar-refractivity contribution in [3.05, 3.63) is 76.7 Å². The van der Waals surface area contributed by atoms with Crippen LogP contribution in [-0.2, 0) is 11.8 Å². The van der Waals surface area contributed by atoms with Gasteiger partial charge in [0.05, 0.1) is 18.1 Å². The van der Waals surface area contributed by atoms with Crippen molar-refractivity contribution < 1.29 is 9.21 Å². The summed E-state index contributed by atoms with van der Waals surface area (Å²) in [5.41, 5.74) is 1.06. The number of nitrogens with one attached hydrogen (secondary N) is 1. The summed E-state index contributed by atoms with van der Waals surface area (Å²) in [6.07, 6.45) is 1.60. The van der Waals surface area contributed by atoms with E-state index in [0.29, 0.717) is 16.7 Å². The van der Waals surface area contributed by atoms with E-state index in [4.69, 9.17) is 4.42 Å². The van der Waals surface area contributed by atoms with E-state index in [2.05, 4.69) is 15.5 Å². The van der Waals surface area contributed by atoms with Crippen LogP contribution in [0.2, 0.25) is 0 Å². The Balaban J connectivity index is 1.44. The molecule has 4 aromatic rings. The van der Waals surface area contributed by atoms with Crippen LogP contribution in [0.4, 0.5) is 0 Å². The van der Waals surface area contributed by atoms with Crippen molar-refractivity contribution in [3.63, 3.8) is 0 Å². The van der Waals surface area contributed by atoms with E-state index in [-0.39, 0.29) is 17.7 Å². The zero-order chi connectivity index (χ0) is 19.3. The summed E-state index contributed by atoms with van der Waals surface area (Å²) >= 11 is 2.97. The summed E-state index contributed by atoms with van der Waals surface area (Å²) < 4.78 is 7.20. The summed E-state index contributed by atoms with van der Waals surface area (Å²) in [4.78, 5) is 13.7.